The van der Waals surface area contributed by atoms with Crippen LogP contribution in [0.3, 0.4) is 0 Å². The van der Waals surface area contributed by atoms with E-state index in [1.165, 1.54) is 6.07 Å². The van der Waals surface area contributed by atoms with Gasteiger partial charge in [-0.25, -0.2) is 0 Å². The average Bonchev–Trinajstić information content (AvgIpc) is 2.78. The van der Waals surface area contributed by atoms with Crippen LogP contribution in [0, 0.1) is 56.2 Å². The van der Waals surface area contributed by atoms with Crippen LogP contribution in [0.4, 0.5) is 0 Å². The average molecular weight is 389 g/mol. The Balaban J connectivity index is 2.36. The lowest BCUT2D eigenvalue weighted by molar-refractivity contribution is -0.280. The van der Waals surface area contributed by atoms with Crippen molar-refractivity contribution in [3.63, 3.8) is 0 Å². The zero-order valence-electron chi connectivity index (χ0n) is 14.0. The molecule has 4 atom stereocenters. The van der Waals surface area contributed by atoms with Gasteiger partial charge in [-0.3, -0.25) is 5.41 Å². The largest absolute Gasteiger partial charge is 0.447 e. The van der Waals surface area contributed by atoms with Crippen LogP contribution in [0.15, 0.2) is 18.2 Å². The topological polar surface area (TPSA) is 114 Å². The van der Waals surface area contributed by atoms with E-state index in [2.05, 4.69) is 0 Å². The highest BCUT2D eigenvalue weighted by Gasteiger charge is 2.79. The Labute approximate surface area is 160 Å². The predicted molar refractivity (Wildman–Crippen MR) is 93.0 cm³/mol. The van der Waals surface area contributed by atoms with Gasteiger partial charge in [0, 0.05) is 22.0 Å². The van der Waals surface area contributed by atoms with Gasteiger partial charge in [0.05, 0.1) is 24.1 Å². The molecule has 3 rings (SSSR count). The van der Waals surface area contributed by atoms with Crippen LogP contribution >= 0.6 is 23.2 Å². The van der Waals surface area contributed by atoms with Crippen molar-refractivity contribution in [2.24, 2.45) is 16.7 Å². The summed E-state index contributed by atoms with van der Waals surface area (Å²) in [6.45, 7) is 3.46. The molecule has 2 bridgehead atoms. The number of nitrogens with zero attached hydrogens (tertiary/aromatic N) is 3. The highest BCUT2D eigenvalue weighted by Crippen LogP contribution is 2.67. The molecule has 0 radical (unpaired) electrons. The number of hydrogen-bond donors (Lipinski definition) is 1. The molecule has 1 aromatic carbocycles. The summed E-state index contributed by atoms with van der Waals surface area (Å²) in [5, 5.41) is 38.9. The number of ether oxygens (including phenoxy) is 2. The maximum absolute atomic E-state index is 10.0. The Morgan fingerprint density at radius 1 is 1.19 bits per heavy atom. The van der Waals surface area contributed by atoms with Crippen molar-refractivity contribution in [1.29, 1.82) is 21.2 Å². The summed E-state index contributed by atoms with van der Waals surface area (Å²) in [5.41, 5.74) is -3.44. The number of benzene rings is 1. The van der Waals surface area contributed by atoms with Gasteiger partial charge < -0.3 is 9.47 Å². The molecular weight excluding hydrogens is 375 g/mol. The van der Waals surface area contributed by atoms with Crippen LogP contribution in [0.2, 0.25) is 10.0 Å². The van der Waals surface area contributed by atoms with Crippen LogP contribution < -0.4 is 0 Å². The highest BCUT2D eigenvalue weighted by molar-refractivity contribution is 6.35. The molecular formula is C18H14Cl2N4O2. The van der Waals surface area contributed by atoms with Gasteiger partial charge in [0.15, 0.2) is 5.41 Å². The molecule has 2 fully saturated rings. The van der Waals surface area contributed by atoms with Crippen LogP contribution in [0.1, 0.15) is 31.9 Å². The molecule has 2 aliphatic heterocycles. The number of nitrogens with one attached hydrogen (secondary N) is 1. The minimum atomic E-state index is -2.01. The smallest absolute Gasteiger partial charge is 0.217 e. The zero-order chi connectivity index (χ0) is 19.3. The molecule has 2 saturated heterocycles. The minimum absolute atomic E-state index is 0.206. The third kappa shape index (κ3) is 1.91. The van der Waals surface area contributed by atoms with Crippen molar-refractivity contribution in [2.45, 2.75) is 32.2 Å². The van der Waals surface area contributed by atoms with E-state index in [9.17, 15) is 15.8 Å². The monoisotopic (exact) mass is 388 g/mol. The Bertz CT molecular complexity index is 915. The van der Waals surface area contributed by atoms with Crippen molar-refractivity contribution < 1.29 is 9.47 Å². The first-order valence-corrected chi connectivity index (χ1v) is 8.68. The second-order valence-corrected chi connectivity index (χ2v) is 7.28. The fourth-order valence-corrected chi connectivity index (χ4v) is 4.54. The minimum Gasteiger partial charge on any atom is -0.447 e. The van der Waals surface area contributed by atoms with E-state index >= 15 is 0 Å². The molecule has 2 aliphatic rings. The van der Waals surface area contributed by atoms with E-state index in [1.54, 1.807) is 26.0 Å². The highest BCUT2D eigenvalue weighted by atomic mass is 35.5. The summed E-state index contributed by atoms with van der Waals surface area (Å²) in [6, 6.07) is 10.6. The first kappa shape index (κ1) is 18.5. The summed E-state index contributed by atoms with van der Waals surface area (Å²) >= 11 is 12.3. The molecule has 0 amide bonds. The molecule has 0 spiro atoms. The number of hydrogen-bond acceptors (Lipinski definition) is 6. The van der Waals surface area contributed by atoms with Gasteiger partial charge in [0.1, 0.15) is 6.10 Å². The Kier molecular flexibility index (Phi) is 4.17. The van der Waals surface area contributed by atoms with Gasteiger partial charge in [-0.15, -0.1) is 0 Å². The SMILES string of the molecule is CCC12OC(=N)C(C#N)(C1C)C(C#N)(C#N)C(c1ccc(Cl)cc1Cl)O2. The molecule has 0 aromatic heterocycles. The first-order valence-electron chi connectivity index (χ1n) is 7.93. The van der Waals surface area contributed by atoms with E-state index in [1.807, 2.05) is 18.2 Å². The summed E-state index contributed by atoms with van der Waals surface area (Å²) in [6.07, 6.45) is -0.852. The number of halogens is 2. The number of rotatable bonds is 2. The maximum Gasteiger partial charge on any atom is 0.217 e. The van der Waals surface area contributed by atoms with Gasteiger partial charge in [-0.1, -0.05) is 43.1 Å². The van der Waals surface area contributed by atoms with Gasteiger partial charge >= 0.3 is 0 Å². The molecule has 4 unspecified atom stereocenters. The lowest BCUT2D eigenvalue weighted by Gasteiger charge is -2.48. The van der Waals surface area contributed by atoms with Crippen molar-refractivity contribution >= 4 is 29.1 Å². The zero-order valence-corrected chi connectivity index (χ0v) is 15.5. The van der Waals surface area contributed by atoms with Gasteiger partial charge in [-0.05, 0) is 12.1 Å². The van der Waals surface area contributed by atoms with Crippen LogP contribution in [0.25, 0.3) is 0 Å². The molecule has 26 heavy (non-hydrogen) atoms. The summed E-state index contributed by atoms with van der Waals surface area (Å²) in [7, 11) is 0. The van der Waals surface area contributed by atoms with E-state index in [4.69, 9.17) is 38.1 Å². The molecule has 8 heteroatoms. The van der Waals surface area contributed by atoms with Crippen molar-refractivity contribution in [2.75, 3.05) is 0 Å². The quantitative estimate of drug-likeness (QED) is 0.807. The normalized spacial score (nSPS) is 34.3. The first-order chi connectivity index (χ1) is 12.3. The Morgan fingerprint density at radius 3 is 2.35 bits per heavy atom. The third-order valence-electron chi connectivity index (χ3n) is 5.54. The predicted octanol–water partition coefficient (Wildman–Crippen LogP) is 4.36. The third-order valence-corrected chi connectivity index (χ3v) is 6.10. The second-order valence-electron chi connectivity index (χ2n) is 6.43. The van der Waals surface area contributed by atoms with E-state index in [0.29, 0.717) is 17.0 Å². The van der Waals surface area contributed by atoms with Crippen molar-refractivity contribution in [1.82, 2.24) is 0 Å². The number of nitriles is 3. The molecule has 132 valence electrons. The Hall–Kier alpha value is -2.30. The van der Waals surface area contributed by atoms with Crippen molar-refractivity contribution in [3.05, 3.63) is 33.8 Å². The molecule has 6 nitrogen and oxygen atoms in total. The van der Waals surface area contributed by atoms with E-state index < -0.39 is 34.5 Å². The molecule has 1 aromatic rings. The Morgan fingerprint density at radius 2 is 1.85 bits per heavy atom. The van der Waals surface area contributed by atoms with Gasteiger partial charge in [0.25, 0.3) is 0 Å². The van der Waals surface area contributed by atoms with Gasteiger partial charge in [0.2, 0.25) is 17.1 Å². The maximum atomic E-state index is 10.0. The summed E-state index contributed by atoms with van der Waals surface area (Å²) in [4.78, 5) is 0. The number of fused-ring (bicyclic) bond motifs is 2. The second kappa shape index (κ2) is 5.86. The lowest BCUT2D eigenvalue weighted by atomic mass is 9.53. The standard InChI is InChI=1S/C18H14Cl2N4O2/c1-3-18-10(2)17(9-23,15(24)26-18)16(7-21,8-22)14(25-18)12-5-4-11(19)6-13(12)20/h4-6,10,14,24H,3H2,1-2H3. The molecule has 2 heterocycles. The summed E-state index contributed by atoms with van der Waals surface area (Å²) < 4.78 is 11.8. The molecule has 0 aliphatic carbocycles. The fourth-order valence-electron chi connectivity index (χ4n) is 4.04. The van der Waals surface area contributed by atoms with Crippen molar-refractivity contribution in [3.8, 4) is 18.2 Å². The van der Waals surface area contributed by atoms with E-state index in [0.717, 1.165) is 0 Å². The fraction of sp³-hybridized carbons (Fsp3) is 0.444. The van der Waals surface area contributed by atoms with Gasteiger partial charge in [-0.2, -0.15) is 15.8 Å². The van der Waals surface area contributed by atoms with Crippen LogP contribution in [-0.4, -0.2) is 11.7 Å². The van der Waals surface area contributed by atoms with E-state index in [-0.39, 0.29) is 5.02 Å². The molecule has 1 N–H and O–H groups in total. The molecule has 0 saturated carbocycles. The summed E-state index contributed by atoms with van der Waals surface area (Å²) in [5.74, 6) is -2.42. The van der Waals surface area contributed by atoms with Crippen LogP contribution in [-0.2, 0) is 9.47 Å². The lowest BCUT2D eigenvalue weighted by Crippen LogP contribution is -2.58. The van der Waals surface area contributed by atoms with Crippen LogP contribution in [0.5, 0.6) is 0 Å².